The number of carbonyl (C=O) groups excluding carboxylic acids is 2. The number of benzene rings is 2. The standard InChI is InChI=1S/C17H15ClN2O3/c1-20-8-9-23-15-7-6-11(10-13(15)17(20)22)19-16(21)12-4-2-3-5-14(12)18/h2-7,10H,8-9H2,1H3,(H,19,21). The Bertz CT molecular complexity index is 776. The first kappa shape index (κ1) is 15.4. The van der Waals surface area contributed by atoms with Gasteiger partial charge in [-0.05, 0) is 30.3 Å². The average molecular weight is 331 g/mol. The summed E-state index contributed by atoms with van der Waals surface area (Å²) in [6.45, 7) is 0.968. The second kappa shape index (κ2) is 6.30. The van der Waals surface area contributed by atoms with Crippen molar-refractivity contribution >= 4 is 29.1 Å². The number of fused-ring (bicyclic) bond motifs is 1. The van der Waals surface area contributed by atoms with Crippen LogP contribution < -0.4 is 10.1 Å². The second-order valence-electron chi connectivity index (χ2n) is 5.22. The Balaban J connectivity index is 1.88. The van der Waals surface area contributed by atoms with Gasteiger partial charge in [-0.15, -0.1) is 0 Å². The summed E-state index contributed by atoms with van der Waals surface area (Å²) in [6.07, 6.45) is 0. The number of hydrogen-bond acceptors (Lipinski definition) is 3. The highest BCUT2D eigenvalue weighted by atomic mass is 35.5. The molecular weight excluding hydrogens is 316 g/mol. The van der Waals surface area contributed by atoms with Crippen molar-refractivity contribution in [2.24, 2.45) is 0 Å². The molecule has 0 radical (unpaired) electrons. The second-order valence-corrected chi connectivity index (χ2v) is 5.63. The van der Waals surface area contributed by atoms with Gasteiger partial charge in [0.15, 0.2) is 0 Å². The molecule has 2 amide bonds. The maximum absolute atomic E-state index is 12.3. The van der Waals surface area contributed by atoms with E-state index in [0.717, 1.165) is 0 Å². The van der Waals surface area contributed by atoms with Crippen molar-refractivity contribution in [1.29, 1.82) is 0 Å². The van der Waals surface area contributed by atoms with Crippen LogP contribution in [0.1, 0.15) is 20.7 Å². The van der Waals surface area contributed by atoms with Crippen molar-refractivity contribution in [3.05, 3.63) is 58.6 Å². The molecular formula is C17H15ClN2O3. The molecule has 1 heterocycles. The largest absolute Gasteiger partial charge is 0.491 e. The number of likely N-dealkylation sites (N-methyl/N-ethyl adjacent to an activating group) is 1. The first-order valence-electron chi connectivity index (χ1n) is 7.14. The predicted molar refractivity (Wildman–Crippen MR) is 88.3 cm³/mol. The van der Waals surface area contributed by atoms with Crippen LogP contribution in [0.3, 0.4) is 0 Å². The van der Waals surface area contributed by atoms with E-state index in [-0.39, 0.29) is 11.8 Å². The first-order chi connectivity index (χ1) is 11.1. The lowest BCUT2D eigenvalue weighted by atomic mass is 10.1. The number of hydrogen-bond donors (Lipinski definition) is 1. The predicted octanol–water partition coefficient (Wildman–Crippen LogP) is 3.06. The van der Waals surface area contributed by atoms with Crippen molar-refractivity contribution < 1.29 is 14.3 Å². The van der Waals surface area contributed by atoms with Gasteiger partial charge in [-0.1, -0.05) is 23.7 Å². The smallest absolute Gasteiger partial charge is 0.257 e. The van der Waals surface area contributed by atoms with Gasteiger partial charge in [-0.25, -0.2) is 0 Å². The normalized spacial score (nSPS) is 13.8. The van der Waals surface area contributed by atoms with Gasteiger partial charge >= 0.3 is 0 Å². The molecule has 0 fully saturated rings. The maximum atomic E-state index is 12.3. The minimum atomic E-state index is -0.328. The van der Waals surface area contributed by atoms with Crippen LogP contribution in [0.5, 0.6) is 5.75 Å². The van der Waals surface area contributed by atoms with Gasteiger partial charge in [0.25, 0.3) is 11.8 Å². The van der Waals surface area contributed by atoms with E-state index in [2.05, 4.69) is 5.32 Å². The SMILES string of the molecule is CN1CCOc2ccc(NC(=O)c3ccccc3Cl)cc2C1=O. The highest BCUT2D eigenvalue weighted by molar-refractivity contribution is 6.34. The Morgan fingerprint density at radius 1 is 1.26 bits per heavy atom. The highest BCUT2D eigenvalue weighted by Crippen LogP contribution is 2.26. The van der Waals surface area contributed by atoms with E-state index in [4.69, 9.17) is 16.3 Å². The molecule has 23 heavy (non-hydrogen) atoms. The Kier molecular flexibility index (Phi) is 4.21. The van der Waals surface area contributed by atoms with Crippen LogP contribution in [0, 0.1) is 0 Å². The molecule has 0 spiro atoms. The summed E-state index contributed by atoms with van der Waals surface area (Å²) in [5.41, 5.74) is 1.33. The molecule has 1 aliphatic heterocycles. The zero-order valence-electron chi connectivity index (χ0n) is 12.5. The van der Waals surface area contributed by atoms with E-state index in [0.29, 0.717) is 40.7 Å². The molecule has 0 saturated heterocycles. The van der Waals surface area contributed by atoms with E-state index in [9.17, 15) is 9.59 Å². The fourth-order valence-corrected chi connectivity index (χ4v) is 2.57. The van der Waals surface area contributed by atoms with Crippen LogP contribution in [-0.4, -0.2) is 36.9 Å². The van der Waals surface area contributed by atoms with Crippen molar-refractivity contribution in [3.8, 4) is 5.75 Å². The zero-order valence-corrected chi connectivity index (χ0v) is 13.3. The van der Waals surface area contributed by atoms with Gasteiger partial charge < -0.3 is 15.0 Å². The van der Waals surface area contributed by atoms with Crippen molar-refractivity contribution in [2.45, 2.75) is 0 Å². The zero-order chi connectivity index (χ0) is 16.4. The van der Waals surface area contributed by atoms with Gasteiger partial charge in [0.05, 0.1) is 22.7 Å². The van der Waals surface area contributed by atoms with Crippen LogP contribution in [0.15, 0.2) is 42.5 Å². The van der Waals surface area contributed by atoms with E-state index >= 15 is 0 Å². The van der Waals surface area contributed by atoms with E-state index < -0.39 is 0 Å². The quantitative estimate of drug-likeness (QED) is 0.920. The lowest BCUT2D eigenvalue weighted by Gasteiger charge is -2.13. The Labute approximate surface area is 138 Å². The first-order valence-corrected chi connectivity index (χ1v) is 7.52. The number of rotatable bonds is 2. The molecule has 3 rings (SSSR count). The maximum Gasteiger partial charge on any atom is 0.257 e. The van der Waals surface area contributed by atoms with Crippen LogP contribution in [0.25, 0.3) is 0 Å². The van der Waals surface area contributed by atoms with Crippen molar-refractivity contribution in [1.82, 2.24) is 4.90 Å². The Morgan fingerprint density at radius 3 is 2.83 bits per heavy atom. The molecule has 1 N–H and O–H groups in total. The van der Waals surface area contributed by atoms with Gasteiger partial charge in [-0.3, -0.25) is 9.59 Å². The number of ether oxygens (including phenoxy) is 1. The minimum absolute atomic E-state index is 0.133. The number of anilines is 1. The molecule has 0 unspecified atom stereocenters. The summed E-state index contributed by atoms with van der Waals surface area (Å²) in [4.78, 5) is 26.2. The monoisotopic (exact) mass is 330 g/mol. The van der Waals surface area contributed by atoms with Crippen molar-refractivity contribution in [2.75, 3.05) is 25.5 Å². The molecule has 0 saturated carbocycles. The molecule has 118 valence electrons. The lowest BCUT2D eigenvalue weighted by Crippen LogP contribution is -2.27. The fourth-order valence-electron chi connectivity index (χ4n) is 2.34. The average Bonchev–Trinajstić information content (AvgIpc) is 2.68. The minimum Gasteiger partial charge on any atom is -0.491 e. The number of amides is 2. The molecule has 0 bridgehead atoms. The number of nitrogens with zero attached hydrogens (tertiary/aromatic N) is 1. The third kappa shape index (κ3) is 3.14. The number of nitrogens with one attached hydrogen (secondary N) is 1. The summed E-state index contributed by atoms with van der Waals surface area (Å²) in [5, 5.41) is 3.13. The third-order valence-electron chi connectivity index (χ3n) is 3.62. The van der Waals surface area contributed by atoms with Crippen LogP contribution in [-0.2, 0) is 0 Å². The van der Waals surface area contributed by atoms with Crippen LogP contribution in [0.2, 0.25) is 5.02 Å². The van der Waals surface area contributed by atoms with Gasteiger partial charge in [0.1, 0.15) is 12.4 Å². The molecule has 0 aliphatic carbocycles. The summed E-state index contributed by atoms with van der Waals surface area (Å²) < 4.78 is 5.56. The van der Waals surface area contributed by atoms with E-state index in [1.807, 2.05) is 0 Å². The van der Waals surface area contributed by atoms with Crippen LogP contribution >= 0.6 is 11.6 Å². The highest BCUT2D eigenvalue weighted by Gasteiger charge is 2.21. The van der Waals surface area contributed by atoms with Gasteiger partial charge in [0.2, 0.25) is 0 Å². The molecule has 5 nitrogen and oxygen atoms in total. The Hall–Kier alpha value is -2.53. The van der Waals surface area contributed by atoms with E-state index in [1.165, 1.54) is 0 Å². The molecule has 0 aromatic heterocycles. The Morgan fingerprint density at radius 2 is 2.04 bits per heavy atom. The van der Waals surface area contributed by atoms with E-state index in [1.54, 1.807) is 54.4 Å². The summed E-state index contributed by atoms with van der Waals surface area (Å²) in [6, 6.07) is 11.8. The molecule has 6 heteroatoms. The molecule has 2 aromatic carbocycles. The fraction of sp³-hybridized carbons (Fsp3) is 0.176. The number of halogens is 1. The lowest BCUT2D eigenvalue weighted by molar-refractivity contribution is 0.0796. The summed E-state index contributed by atoms with van der Waals surface area (Å²) in [7, 11) is 1.72. The number of carbonyl (C=O) groups is 2. The topological polar surface area (TPSA) is 58.6 Å². The van der Waals surface area contributed by atoms with Gasteiger partial charge in [0, 0.05) is 12.7 Å². The molecule has 2 aromatic rings. The third-order valence-corrected chi connectivity index (χ3v) is 3.95. The van der Waals surface area contributed by atoms with Gasteiger partial charge in [-0.2, -0.15) is 0 Å². The summed E-state index contributed by atoms with van der Waals surface area (Å²) in [5.74, 6) is 0.0623. The summed E-state index contributed by atoms with van der Waals surface area (Å²) >= 11 is 6.02. The molecule has 1 aliphatic rings. The van der Waals surface area contributed by atoms with Crippen LogP contribution in [0.4, 0.5) is 5.69 Å². The van der Waals surface area contributed by atoms with Crippen molar-refractivity contribution in [3.63, 3.8) is 0 Å². The molecule has 0 atom stereocenters.